The Bertz CT molecular complexity index is 747. The first kappa shape index (κ1) is 22.6. The summed E-state index contributed by atoms with van der Waals surface area (Å²) in [6, 6.07) is 12.9. The predicted octanol–water partition coefficient (Wildman–Crippen LogP) is 4.48. The maximum atomic E-state index is 12.4. The average Bonchev–Trinajstić information content (AvgIpc) is 2.73. The van der Waals surface area contributed by atoms with E-state index in [1.165, 1.54) is 38.5 Å². The van der Waals surface area contributed by atoms with E-state index in [2.05, 4.69) is 17.6 Å². The monoisotopic (exact) mass is 396 g/mol. The van der Waals surface area contributed by atoms with Crippen LogP contribution in [0.15, 0.2) is 54.9 Å². The van der Waals surface area contributed by atoms with Gasteiger partial charge in [0.25, 0.3) is 11.8 Å². The minimum atomic E-state index is -0.190. The van der Waals surface area contributed by atoms with Crippen LogP contribution in [-0.4, -0.2) is 18.4 Å². The van der Waals surface area contributed by atoms with Crippen LogP contribution in [0.1, 0.15) is 68.6 Å². The van der Waals surface area contributed by atoms with Crippen LogP contribution in [0, 0.1) is 0 Å². The number of aromatic nitrogens is 1. The van der Waals surface area contributed by atoms with Crippen molar-refractivity contribution in [2.24, 2.45) is 0 Å². The van der Waals surface area contributed by atoms with E-state index in [4.69, 9.17) is 0 Å². The molecule has 5 heteroatoms. The summed E-state index contributed by atoms with van der Waals surface area (Å²) in [4.78, 5) is 24.5. The fourth-order valence-electron chi connectivity index (χ4n) is 3.19. The SMILES string of the molecule is CCCCCCCCCCNC(=O)C[n+]1cccc(C(=O)Nc2ccccc2)c1. The second kappa shape index (κ2) is 13.5. The molecule has 1 aromatic carbocycles. The number of carbonyl (C=O) groups is 2. The zero-order valence-corrected chi connectivity index (χ0v) is 17.5. The second-order valence-corrected chi connectivity index (χ2v) is 7.41. The summed E-state index contributed by atoms with van der Waals surface area (Å²) in [6.07, 6.45) is 13.5. The first-order chi connectivity index (χ1) is 14.2. The Morgan fingerprint density at radius 3 is 2.28 bits per heavy atom. The number of hydrogen-bond donors (Lipinski definition) is 2. The number of nitrogens with one attached hydrogen (secondary N) is 2. The Balaban J connectivity index is 1.67. The fraction of sp³-hybridized carbons (Fsp3) is 0.458. The van der Waals surface area contributed by atoms with Crippen molar-refractivity contribution in [2.45, 2.75) is 64.8 Å². The van der Waals surface area contributed by atoms with Crippen LogP contribution in [0.3, 0.4) is 0 Å². The number of hydrogen-bond acceptors (Lipinski definition) is 2. The minimum absolute atomic E-state index is 0.0291. The van der Waals surface area contributed by atoms with Gasteiger partial charge in [0.1, 0.15) is 5.56 Å². The Kier molecular flexibility index (Phi) is 10.5. The summed E-state index contributed by atoms with van der Waals surface area (Å²) in [5, 5.41) is 5.83. The van der Waals surface area contributed by atoms with Crippen LogP contribution in [0.4, 0.5) is 5.69 Å². The van der Waals surface area contributed by atoms with Crippen molar-refractivity contribution in [1.29, 1.82) is 0 Å². The van der Waals surface area contributed by atoms with Gasteiger partial charge in [-0.05, 0) is 24.6 Å². The molecule has 0 spiro atoms. The first-order valence-corrected chi connectivity index (χ1v) is 10.8. The van der Waals surface area contributed by atoms with Crippen molar-refractivity contribution in [1.82, 2.24) is 5.32 Å². The molecule has 0 bridgehead atoms. The Labute approximate surface area is 174 Å². The van der Waals surface area contributed by atoms with Crippen LogP contribution in [0.2, 0.25) is 0 Å². The molecule has 0 saturated carbocycles. The molecule has 156 valence electrons. The van der Waals surface area contributed by atoms with E-state index in [9.17, 15) is 9.59 Å². The van der Waals surface area contributed by atoms with Crippen LogP contribution in [0.5, 0.6) is 0 Å². The third-order valence-corrected chi connectivity index (χ3v) is 4.83. The molecule has 1 heterocycles. The first-order valence-electron chi connectivity index (χ1n) is 10.8. The fourth-order valence-corrected chi connectivity index (χ4v) is 3.19. The summed E-state index contributed by atoms with van der Waals surface area (Å²) in [5.41, 5.74) is 1.27. The van der Waals surface area contributed by atoms with Crippen LogP contribution in [-0.2, 0) is 11.3 Å². The van der Waals surface area contributed by atoms with E-state index in [0.29, 0.717) is 12.1 Å². The largest absolute Gasteiger partial charge is 0.351 e. The Hall–Kier alpha value is -2.69. The second-order valence-electron chi connectivity index (χ2n) is 7.41. The highest BCUT2D eigenvalue weighted by molar-refractivity contribution is 6.03. The maximum Gasteiger partial charge on any atom is 0.285 e. The maximum absolute atomic E-state index is 12.4. The number of pyridine rings is 1. The molecule has 0 saturated heterocycles. The summed E-state index contributed by atoms with van der Waals surface area (Å²) in [6.45, 7) is 3.16. The van der Waals surface area contributed by atoms with Crippen molar-refractivity contribution in [3.8, 4) is 0 Å². The molecule has 0 aliphatic carbocycles. The van der Waals surface area contributed by atoms with Gasteiger partial charge in [-0.3, -0.25) is 9.59 Å². The number of unbranched alkanes of at least 4 members (excludes halogenated alkanes) is 7. The molecule has 2 amide bonds. The number of carbonyl (C=O) groups excluding carboxylic acids is 2. The van der Waals surface area contributed by atoms with Crippen molar-refractivity contribution in [3.05, 3.63) is 60.4 Å². The van der Waals surface area contributed by atoms with Gasteiger partial charge in [-0.1, -0.05) is 70.1 Å². The molecule has 0 radical (unpaired) electrons. The Morgan fingerprint density at radius 1 is 0.862 bits per heavy atom. The number of benzene rings is 1. The minimum Gasteiger partial charge on any atom is -0.351 e. The number of amides is 2. The number of nitrogens with zero attached hydrogens (tertiary/aromatic N) is 1. The van der Waals surface area contributed by atoms with Crippen LogP contribution >= 0.6 is 0 Å². The molecule has 2 N–H and O–H groups in total. The van der Waals surface area contributed by atoms with Crippen molar-refractivity contribution in [2.75, 3.05) is 11.9 Å². The van der Waals surface area contributed by atoms with Gasteiger partial charge < -0.3 is 10.6 Å². The highest BCUT2D eigenvalue weighted by atomic mass is 16.2. The average molecular weight is 397 g/mol. The molecule has 5 nitrogen and oxygen atoms in total. The molecule has 0 aliphatic rings. The number of rotatable bonds is 13. The summed E-state index contributed by atoms with van der Waals surface area (Å²) in [5.74, 6) is -0.219. The molecule has 0 unspecified atom stereocenters. The standard InChI is InChI=1S/C24H33N3O2/c1-2-3-4-5-6-7-8-12-17-25-23(28)20-27-18-13-14-21(19-27)24(29)26-22-15-10-9-11-16-22/h9-11,13-16,18-19H,2-8,12,17,20H2,1H3,(H-,25,26,28,29)/p+1. The zero-order valence-electron chi connectivity index (χ0n) is 17.5. The number of anilines is 1. The van der Waals surface area contributed by atoms with E-state index in [0.717, 1.165) is 18.5 Å². The molecule has 1 aromatic heterocycles. The third kappa shape index (κ3) is 9.37. The van der Waals surface area contributed by atoms with E-state index in [1.54, 1.807) is 29.1 Å². The summed E-state index contributed by atoms with van der Waals surface area (Å²) < 4.78 is 1.74. The topological polar surface area (TPSA) is 62.1 Å². The van der Waals surface area contributed by atoms with E-state index >= 15 is 0 Å². The van der Waals surface area contributed by atoms with E-state index in [-0.39, 0.29) is 18.4 Å². The predicted molar refractivity (Wildman–Crippen MR) is 117 cm³/mol. The quantitative estimate of drug-likeness (QED) is 0.387. The zero-order chi connectivity index (χ0) is 20.7. The smallest absolute Gasteiger partial charge is 0.285 e. The molecule has 0 fully saturated rings. The van der Waals surface area contributed by atoms with Crippen molar-refractivity contribution in [3.63, 3.8) is 0 Å². The van der Waals surface area contributed by atoms with Gasteiger partial charge in [0.15, 0.2) is 12.4 Å². The summed E-state index contributed by atoms with van der Waals surface area (Å²) >= 11 is 0. The van der Waals surface area contributed by atoms with Gasteiger partial charge in [0, 0.05) is 18.3 Å². The third-order valence-electron chi connectivity index (χ3n) is 4.83. The highest BCUT2D eigenvalue weighted by Gasteiger charge is 2.13. The molecule has 2 aromatic rings. The molecule has 29 heavy (non-hydrogen) atoms. The van der Waals surface area contributed by atoms with Crippen molar-refractivity contribution >= 4 is 17.5 Å². The lowest BCUT2D eigenvalue weighted by Crippen LogP contribution is -2.43. The molecule has 0 aliphatic heterocycles. The number of para-hydroxylation sites is 1. The van der Waals surface area contributed by atoms with E-state index < -0.39 is 0 Å². The van der Waals surface area contributed by atoms with E-state index in [1.807, 2.05) is 30.3 Å². The molecule has 2 rings (SSSR count). The van der Waals surface area contributed by atoms with Gasteiger partial charge in [0.05, 0.1) is 0 Å². The molecule has 0 atom stereocenters. The van der Waals surface area contributed by atoms with Gasteiger partial charge in [-0.2, -0.15) is 4.57 Å². The highest BCUT2D eigenvalue weighted by Crippen LogP contribution is 2.08. The lowest BCUT2D eigenvalue weighted by molar-refractivity contribution is -0.684. The molecular formula is C24H34N3O2+. The van der Waals surface area contributed by atoms with Crippen molar-refractivity contribution < 1.29 is 14.2 Å². The van der Waals surface area contributed by atoms with Crippen LogP contribution in [0.25, 0.3) is 0 Å². The van der Waals surface area contributed by atoms with Gasteiger partial charge in [0.2, 0.25) is 6.54 Å². The van der Waals surface area contributed by atoms with Gasteiger partial charge in [-0.15, -0.1) is 0 Å². The normalized spacial score (nSPS) is 10.5. The lowest BCUT2D eigenvalue weighted by atomic mass is 10.1. The lowest BCUT2D eigenvalue weighted by Gasteiger charge is -2.05. The molecular weight excluding hydrogens is 362 g/mol. The van der Waals surface area contributed by atoms with Gasteiger partial charge >= 0.3 is 0 Å². The van der Waals surface area contributed by atoms with Crippen LogP contribution < -0.4 is 15.2 Å². The Morgan fingerprint density at radius 2 is 1.55 bits per heavy atom. The van der Waals surface area contributed by atoms with Gasteiger partial charge in [-0.25, -0.2) is 0 Å². The summed E-state index contributed by atoms with van der Waals surface area (Å²) in [7, 11) is 0.